The molecule has 6 nitrogen and oxygen atoms in total. The molecular weight excluding hydrogens is 398 g/mol. The zero-order chi connectivity index (χ0) is 20.0. The van der Waals surface area contributed by atoms with Gasteiger partial charge in [0.15, 0.2) is 0 Å². The Kier molecular flexibility index (Phi) is 7.74. The highest BCUT2D eigenvalue weighted by atomic mass is 35.5. The first kappa shape index (κ1) is 21.6. The second-order valence-corrected chi connectivity index (χ2v) is 10.0. The molecule has 0 aliphatic carbocycles. The number of sulfonamides is 1. The third kappa shape index (κ3) is 5.69. The lowest BCUT2D eigenvalue weighted by Gasteiger charge is -2.21. The SMILES string of the molecule is O=C(CN1CCCCCC1)Nc1cc(S(=O)(=O)N2CCCCCC2)ccc1Cl. The fourth-order valence-electron chi connectivity index (χ4n) is 3.88. The second-order valence-electron chi connectivity index (χ2n) is 7.70. The summed E-state index contributed by atoms with van der Waals surface area (Å²) in [5, 5.41) is 3.16. The number of benzene rings is 1. The van der Waals surface area contributed by atoms with Gasteiger partial charge in [-0.05, 0) is 57.0 Å². The predicted octanol–water partition coefficient (Wildman–Crippen LogP) is 3.72. The first-order chi connectivity index (χ1) is 13.5. The van der Waals surface area contributed by atoms with E-state index in [2.05, 4.69) is 10.2 Å². The van der Waals surface area contributed by atoms with Gasteiger partial charge in [-0.3, -0.25) is 9.69 Å². The molecule has 8 heteroatoms. The van der Waals surface area contributed by atoms with E-state index in [-0.39, 0.29) is 10.8 Å². The van der Waals surface area contributed by atoms with E-state index in [1.165, 1.54) is 25.0 Å². The highest BCUT2D eigenvalue weighted by molar-refractivity contribution is 7.89. The normalized spacial score (nSPS) is 20.3. The summed E-state index contributed by atoms with van der Waals surface area (Å²) in [5.74, 6) is -0.159. The van der Waals surface area contributed by atoms with Crippen LogP contribution in [0.4, 0.5) is 5.69 Å². The minimum Gasteiger partial charge on any atom is -0.324 e. The number of carbonyl (C=O) groups excluding carboxylic acids is 1. The van der Waals surface area contributed by atoms with Crippen molar-refractivity contribution < 1.29 is 13.2 Å². The van der Waals surface area contributed by atoms with Gasteiger partial charge in [0.25, 0.3) is 0 Å². The van der Waals surface area contributed by atoms with Crippen molar-refractivity contribution in [2.24, 2.45) is 0 Å². The summed E-state index contributed by atoms with van der Waals surface area (Å²) in [4.78, 5) is 14.8. The van der Waals surface area contributed by atoms with Crippen LogP contribution in [-0.2, 0) is 14.8 Å². The van der Waals surface area contributed by atoms with Crippen molar-refractivity contribution in [1.82, 2.24) is 9.21 Å². The van der Waals surface area contributed by atoms with Crippen LogP contribution in [0.15, 0.2) is 23.1 Å². The maximum atomic E-state index is 13.0. The average molecular weight is 428 g/mol. The summed E-state index contributed by atoms with van der Waals surface area (Å²) in [6.45, 7) is 3.23. The number of likely N-dealkylation sites (tertiary alicyclic amines) is 1. The number of amides is 1. The largest absolute Gasteiger partial charge is 0.324 e. The van der Waals surface area contributed by atoms with Crippen LogP contribution in [0, 0.1) is 0 Å². The number of rotatable bonds is 5. The van der Waals surface area contributed by atoms with Crippen LogP contribution in [0.5, 0.6) is 0 Å². The summed E-state index contributed by atoms with van der Waals surface area (Å²) >= 11 is 6.23. The molecule has 0 unspecified atom stereocenters. The molecule has 156 valence electrons. The molecule has 0 saturated carbocycles. The van der Waals surface area contributed by atoms with Gasteiger partial charge in [0.05, 0.1) is 22.2 Å². The highest BCUT2D eigenvalue weighted by Crippen LogP contribution is 2.28. The summed E-state index contributed by atoms with van der Waals surface area (Å²) in [7, 11) is -3.58. The molecule has 1 amide bonds. The maximum absolute atomic E-state index is 13.0. The Hall–Kier alpha value is -1.15. The molecule has 2 saturated heterocycles. The zero-order valence-corrected chi connectivity index (χ0v) is 17.9. The van der Waals surface area contributed by atoms with Gasteiger partial charge in [-0.2, -0.15) is 4.31 Å². The first-order valence-electron chi connectivity index (χ1n) is 10.3. The molecule has 1 N–H and O–H groups in total. The molecule has 0 spiro atoms. The van der Waals surface area contributed by atoms with E-state index in [1.807, 2.05) is 0 Å². The first-order valence-corrected chi connectivity index (χ1v) is 12.1. The summed E-state index contributed by atoms with van der Waals surface area (Å²) in [5.41, 5.74) is 0.359. The number of halogens is 1. The molecule has 3 rings (SSSR count). The van der Waals surface area contributed by atoms with Crippen LogP contribution < -0.4 is 5.32 Å². The number of hydrogen-bond acceptors (Lipinski definition) is 4. The number of hydrogen-bond donors (Lipinski definition) is 1. The molecule has 2 fully saturated rings. The van der Waals surface area contributed by atoms with Crippen molar-refractivity contribution in [3.63, 3.8) is 0 Å². The highest BCUT2D eigenvalue weighted by Gasteiger charge is 2.26. The maximum Gasteiger partial charge on any atom is 0.243 e. The number of nitrogens with one attached hydrogen (secondary N) is 1. The van der Waals surface area contributed by atoms with Gasteiger partial charge in [-0.25, -0.2) is 8.42 Å². The van der Waals surface area contributed by atoms with E-state index in [9.17, 15) is 13.2 Å². The molecule has 0 aromatic heterocycles. The Morgan fingerprint density at radius 1 is 0.929 bits per heavy atom. The molecule has 2 aliphatic rings. The standard InChI is InChI=1S/C20H30ClN3O3S/c21-18-10-9-17(28(26,27)24-13-7-3-4-8-14-24)15-19(18)22-20(25)16-23-11-5-1-2-6-12-23/h9-10,15H,1-8,11-14,16H2,(H,22,25). The monoisotopic (exact) mass is 427 g/mol. The van der Waals surface area contributed by atoms with Crippen molar-refractivity contribution in [3.05, 3.63) is 23.2 Å². The Labute approximate surface area is 173 Å². The van der Waals surface area contributed by atoms with Gasteiger partial charge in [0.1, 0.15) is 0 Å². The Bertz CT molecular complexity index is 769. The lowest BCUT2D eigenvalue weighted by molar-refractivity contribution is -0.117. The van der Waals surface area contributed by atoms with Crippen molar-refractivity contribution in [2.45, 2.75) is 56.3 Å². The molecule has 1 aromatic rings. The van der Waals surface area contributed by atoms with Gasteiger partial charge in [-0.1, -0.05) is 37.3 Å². The van der Waals surface area contributed by atoms with Gasteiger partial charge in [0.2, 0.25) is 15.9 Å². The van der Waals surface area contributed by atoms with E-state index in [4.69, 9.17) is 11.6 Å². The summed E-state index contributed by atoms with van der Waals surface area (Å²) in [6, 6.07) is 4.56. The lowest BCUT2D eigenvalue weighted by atomic mass is 10.2. The van der Waals surface area contributed by atoms with Gasteiger partial charge in [0, 0.05) is 13.1 Å². The molecule has 0 bridgehead atoms. The number of carbonyl (C=O) groups is 1. The van der Waals surface area contributed by atoms with Crippen molar-refractivity contribution in [2.75, 3.05) is 38.0 Å². The third-order valence-corrected chi connectivity index (χ3v) is 7.70. The zero-order valence-electron chi connectivity index (χ0n) is 16.3. The van der Waals surface area contributed by atoms with Crippen molar-refractivity contribution in [1.29, 1.82) is 0 Å². The Morgan fingerprint density at radius 2 is 1.50 bits per heavy atom. The molecule has 0 atom stereocenters. The van der Waals surface area contributed by atoms with Gasteiger partial charge < -0.3 is 5.32 Å². The quantitative estimate of drug-likeness (QED) is 0.777. The average Bonchev–Trinajstić information content (AvgIpc) is 3.08. The molecular formula is C20H30ClN3O3S. The van der Waals surface area contributed by atoms with Crippen LogP contribution >= 0.6 is 11.6 Å². The number of anilines is 1. The van der Waals surface area contributed by atoms with E-state index >= 15 is 0 Å². The van der Waals surface area contributed by atoms with E-state index in [0.29, 0.717) is 30.3 Å². The molecule has 2 aliphatic heterocycles. The molecule has 1 aromatic carbocycles. The van der Waals surface area contributed by atoms with Crippen LogP contribution in [0.3, 0.4) is 0 Å². The Morgan fingerprint density at radius 3 is 2.11 bits per heavy atom. The predicted molar refractivity (Wildman–Crippen MR) is 112 cm³/mol. The van der Waals surface area contributed by atoms with Crippen LogP contribution in [0.25, 0.3) is 0 Å². The summed E-state index contributed by atoms with van der Waals surface area (Å²) < 4.78 is 27.6. The van der Waals surface area contributed by atoms with E-state index in [1.54, 1.807) is 10.4 Å². The van der Waals surface area contributed by atoms with Crippen LogP contribution in [0.1, 0.15) is 51.4 Å². The molecule has 0 radical (unpaired) electrons. The van der Waals surface area contributed by atoms with Crippen molar-refractivity contribution >= 4 is 33.2 Å². The smallest absolute Gasteiger partial charge is 0.243 e. The topological polar surface area (TPSA) is 69.7 Å². The molecule has 2 heterocycles. The minimum absolute atomic E-state index is 0.159. The Balaban J connectivity index is 1.70. The minimum atomic E-state index is -3.58. The van der Waals surface area contributed by atoms with E-state index < -0.39 is 10.0 Å². The van der Waals surface area contributed by atoms with Crippen molar-refractivity contribution in [3.8, 4) is 0 Å². The van der Waals surface area contributed by atoms with Gasteiger partial charge >= 0.3 is 0 Å². The second kappa shape index (κ2) is 10.1. The fraction of sp³-hybridized carbons (Fsp3) is 0.650. The lowest BCUT2D eigenvalue weighted by Crippen LogP contribution is -2.34. The molecule has 28 heavy (non-hydrogen) atoms. The summed E-state index contributed by atoms with van der Waals surface area (Å²) in [6.07, 6.45) is 8.52. The third-order valence-electron chi connectivity index (χ3n) is 5.48. The van der Waals surface area contributed by atoms with Crippen LogP contribution in [0.2, 0.25) is 5.02 Å². The van der Waals surface area contributed by atoms with Crippen LogP contribution in [-0.4, -0.2) is 56.3 Å². The van der Waals surface area contributed by atoms with Gasteiger partial charge in [-0.15, -0.1) is 0 Å². The fourth-order valence-corrected chi connectivity index (χ4v) is 5.59. The number of nitrogens with zero attached hydrogens (tertiary/aromatic N) is 2. The van der Waals surface area contributed by atoms with E-state index in [0.717, 1.165) is 51.6 Å².